The van der Waals surface area contributed by atoms with Gasteiger partial charge in [0, 0.05) is 43.8 Å². The van der Waals surface area contributed by atoms with Gasteiger partial charge < -0.3 is 5.73 Å². The van der Waals surface area contributed by atoms with E-state index in [1.807, 2.05) is 6.07 Å². The maximum Gasteiger partial charge on any atom is 0.103 e. The first kappa shape index (κ1) is 16.4. The predicted molar refractivity (Wildman–Crippen MR) is 93.7 cm³/mol. The van der Waals surface area contributed by atoms with Crippen molar-refractivity contribution in [2.24, 2.45) is 5.73 Å². The Hall–Kier alpha value is -0.970. The van der Waals surface area contributed by atoms with Gasteiger partial charge in [-0.2, -0.15) is 0 Å². The van der Waals surface area contributed by atoms with Crippen LogP contribution in [0.4, 0.5) is 0 Å². The Labute approximate surface area is 134 Å². The summed E-state index contributed by atoms with van der Waals surface area (Å²) in [5.74, 6) is 0. The summed E-state index contributed by atoms with van der Waals surface area (Å²) < 4.78 is 0. The largest absolute Gasteiger partial charge is 0.389 e. The molecule has 1 saturated heterocycles. The highest BCUT2D eigenvalue weighted by molar-refractivity contribution is 7.80. The normalized spacial score (nSPS) is 17.9. The third-order valence-electron chi connectivity index (χ3n) is 4.34. The molecule has 0 radical (unpaired) electrons. The molecule has 2 N–H and O–H groups in total. The Morgan fingerprint density at radius 3 is 2.29 bits per heavy atom. The second kappa shape index (κ2) is 6.42. The molecule has 21 heavy (non-hydrogen) atoms. The second-order valence-corrected chi connectivity index (χ2v) is 7.38. The summed E-state index contributed by atoms with van der Waals surface area (Å²) in [4.78, 5) is 5.57. The summed E-state index contributed by atoms with van der Waals surface area (Å²) in [7, 11) is 0. The number of hydrogen-bond donors (Lipinski definition) is 1. The fourth-order valence-electron chi connectivity index (χ4n) is 2.84. The molecule has 1 aliphatic heterocycles. The van der Waals surface area contributed by atoms with Crippen molar-refractivity contribution in [1.29, 1.82) is 0 Å². The summed E-state index contributed by atoms with van der Waals surface area (Å²) in [6.45, 7) is 14.6. The molecule has 1 aliphatic rings. The van der Waals surface area contributed by atoms with Gasteiger partial charge in [-0.1, -0.05) is 24.4 Å². The van der Waals surface area contributed by atoms with Crippen LogP contribution in [0, 0.1) is 6.92 Å². The van der Waals surface area contributed by atoms with Crippen LogP contribution in [0.3, 0.4) is 0 Å². The molecule has 1 aromatic carbocycles. The summed E-state index contributed by atoms with van der Waals surface area (Å²) in [5.41, 5.74) is 9.58. The number of aryl methyl sites for hydroxylation is 1. The van der Waals surface area contributed by atoms with Gasteiger partial charge in [0.15, 0.2) is 0 Å². The molecule has 4 heteroatoms. The summed E-state index contributed by atoms with van der Waals surface area (Å²) in [6.07, 6.45) is 0. The zero-order chi connectivity index (χ0) is 15.6. The lowest BCUT2D eigenvalue weighted by Crippen LogP contribution is -2.53. The minimum Gasteiger partial charge on any atom is -0.389 e. The lowest BCUT2D eigenvalue weighted by Gasteiger charge is -2.42. The van der Waals surface area contributed by atoms with Gasteiger partial charge in [-0.15, -0.1) is 0 Å². The van der Waals surface area contributed by atoms with E-state index in [4.69, 9.17) is 18.0 Å². The molecule has 0 amide bonds. The third kappa shape index (κ3) is 4.25. The number of nitrogens with two attached hydrogens (primary N) is 1. The van der Waals surface area contributed by atoms with E-state index in [1.54, 1.807) is 0 Å². The molecule has 0 unspecified atom stereocenters. The fraction of sp³-hybridized carbons (Fsp3) is 0.588. The summed E-state index contributed by atoms with van der Waals surface area (Å²) in [5, 5.41) is 0. The predicted octanol–water partition coefficient (Wildman–Crippen LogP) is 2.55. The maximum atomic E-state index is 5.69. The van der Waals surface area contributed by atoms with Gasteiger partial charge in [0.2, 0.25) is 0 Å². The lowest BCUT2D eigenvalue weighted by molar-refractivity contribution is 0.0590. The first-order valence-corrected chi connectivity index (χ1v) is 8.05. The molecule has 0 aliphatic carbocycles. The molecule has 1 heterocycles. The van der Waals surface area contributed by atoms with E-state index in [2.05, 4.69) is 49.6 Å². The molecule has 2 rings (SSSR count). The molecule has 0 atom stereocenters. The van der Waals surface area contributed by atoms with Gasteiger partial charge in [0.05, 0.1) is 0 Å². The van der Waals surface area contributed by atoms with Crippen LogP contribution in [0.1, 0.15) is 37.5 Å². The lowest BCUT2D eigenvalue weighted by atomic mass is 10.0. The highest BCUT2D eigenvalue weighted by atomic mass is 32.1. The molecule has 0 saturated carbocycles. The smallest absolute Gasteiger partial charge is 0.103 e. The van der Waals surface area contributed by atoms with Crippen molar-refractivity contribution < 1.29 is 0 Å². The molecule has 0 bridgehead atoms. The first-order chi connectivity index (χ1) is 9.77. The Kier molecular flexibility index (Phi) is 5.02. The number of rotatable bonds is 3. The van der Waals surface area contributed by atoms with Crippen molar-refractivity contribution in [2.45, 2.75) is 39.8 Å². The van der Waals surface area contributed by atoms with Crippen molar-refractivity contribution in [3.63, 3.8) is 0 Å². The summed E-state index contributed by atoms with van der Waals surface area (Å²) in [6, 6.07) is 6.30. The minimum absolute atomic E-state index is 0.278. The van der Waals surface area contributed by atoms with Crippen LogP contribution < -0.4 is 5.73 Å². The Balaban J connectivity index is 1.96. The van der Waals surface area contributed by atoms with E-state index in [9.17, 15) is 0 Å². The van der Waals surface area contributed by atoms with Crippen LogP contribution in [0.25, 0.3) is 0 Å². The topological polar surface area (TPSA) is 32.5 Å². The van der Waals surface area contributed by atoms with Crippen molar-refractivity contribution >= 4 is 17.2 Å². The number of hydrogen-bond acceptors (Lipinski definition) is 3. The Morgan fingerprint density at radius 2 is 1.81 bits per heavy atom. The van der Waals surface area contributed by atoms with Crippen molar-refractivity contribution in [3.05, 3.63) is 34.9 Å². The average Bonchev–Trinajstić information content (AvgIpc) is 2.40. The van der Waals surface area contributed by atoms with Crippen LogP contribution in [-0.4, -0.2) is 46.5 Å². The van der Waals surface area contributed by atoms with Gasteiger partial charge in [-0.3, -0.25) is 9.80 Å². The SMILES string of the molecule is Cc1cc(C(N)=S)ccc1CN1CCN(C(C)(C)C)CC1. The van der Waals surface area contributed by atoms with Crippen LogP contribution in [0.2, 0.25) is 0 Å². The number of piperazine rings is 1. The summed E-state index contributed by atoms with van der Waals surface area (Å²) >= 11 is 5.04. The fourth-order valence-corrected chi connectivity index (χ4v) is 2.97. The number of nitrogens with zero attached hydrogens (tertiary/aromatic N) is 2. The van der Waals surface area contributed by atoms with Crippen molar-refractivity contribution in [2.75, 3.05) is 26.2 Å². The molecule has 0 spiro atoms. The van der Waals surface area contributed by atoms with E-state index in [1.165, 1.54) is 11.1 Å². The number of thiocarbonyl (C=S) groups is 1. The molecule has 3 nitrogen and oxygen atoms in total. The van der Waals surface area contributed by atoms with Gasteiger partial charge in [0.1, 0.15) is 4.99 Å². The molecule has 1 aromatic rings. The minimum atomic E-state index is 0.278. The zero-order valence-corrected chi connectivity index (χ0v) is 14.5. The second-order valence-electron chi connectivity index (χ2n) is 6.94. The monoisotopic (exact) mass is 305 g/mol. The van der Waals surface area contributed by atoms with Gasteiger partial charge in [-0.25, -0.2) is 0 Å². The van der Waals surface area contributed by atoms with E-state index in [0.717, 1.165) is 38.3 Å². The first-order valence-electron chi connectivity index (χ1n) is 7.64. The quantitative estimate of drug-likeness (QED) is 0.870. The van der Waals surface area contributed by atoms with Crippen LogP contribution in [0.15, 0.2) is 18.2 Å². The van der Waals surface area contributed by atoms with E-state index in [0.29, 0.717) is 4.99 Å². The third-order valence-corrected chi connectivity index (χ3v) is 4.58. The van der Waals surface area contributed by atoms with Crippen LogP contribution >= 0.6 is 12.2 Å². The molecular formula is C17H27N3S. The van der Waals surface area contributed by atoms with Crippen molar-refractivity contribution in [3.8, 4) is 0 Å². The molecule has 0 aromatic heterocycles. The van der Waals surface area contributed by atoms with Gasteiger partial charge in [0.25, 0.3) is 0 Å². The Morgan fingerprint density at radius 1 is 1.19 bits per heavy atom. The van der Waals surface area contributed by atoms with Crippen LogP contribution in [0.5, 0.6) is 0 Å². The molecule has 1 fully saturated rings. The van der Waals surface area contributed by atoms with Gasteiger partial charge >= 0.3 is 0 Å². The van der Waals surface area contributed by atoms with Crippen LogP contribution in [-0.2, 0) is 6.54 Å². The molecular weight excluding hydrogens is 278 g/mol. The van der Waals surface area contributed by atoms with E-state index < -0.39 is 0 Å². The number of benzene rings is 1. The highest BCUT2D eigenvalue weighted by Gasteiger charge is 2.25. The standard InChI is InChI=1S/C17H27N3S/c1-13-11-14(16(18)21)5-6-15(13)12-19-7-9-20(10-8-19)17(2,3)4/h5-6,11H,7-10,12H2,1-4H3,(H2,18,21). The maximum absolute atomic E-state index is 5.69. The Bertz CT molecular complexity index is 511. The van der Waals surface area contributed by atoms with Crippen molar-refractivity contribution in [1.82, 2.24) is 9.80 Å². The van der Waals surface area contributed by atoms with E-state index in [-0.39, 0.29) is 5.54 Å². The van der Waals surface area contributed by atoms with Gasteiger partial charge in [-0.05, 0) is 44.9 Å². The highest BCUT2D eigenvalue weighted by Crippen LogP contribution is 2.18. The molecule has 116 valence electrons. The average molecular weight is 305 g/mol. The zero-order valence-electron chi connectivity index (χ0n) is 13.6. The van der Waals surface area contributed by atoms with E-state index >= 15 is 0 Å².